The lowest BCUT2D eigenvalue weighted by Crippen LogP contribution is -2.30. The third kappa shape index (κ3) is 4.95. The van der Waals surface area contributed by atoms with Crippen molar-refractivity contribution in [2.45, 2.75) is 17.4 Å². The van der Waals surface area contributed by atoms with Gasteiger partial charge in [-0.05, 0) is 43.3 Å². The van der Waals surface area contributed by atoms with Crippen molar-refractivity contribution < 1.29 is 4.74 Å². The number of halogens is 1. The summed E-state index contributed by atoms with van der Waals surface area (Å²) in [5.74, 6) is 1.93. The predicted molar refractivity (Wildman–Crippen MR) is 91.7 cm³/mol. The van der Waals surface area contributed by atoms with Gasteiger partial charge < -0.3 is 10.1 Å². The summed E-state index contributed by atoms with van der Waals surface area (Å²) in [6.45, 7) is 0. The summed E-state index contributed by atoms with van der Waals surface area (Å²) in [7, 11) is 3.71. The van der Waals surface area contributed by atoms with Crippen LogP contribution in [0.25, 0.3) is 0 Å². The van der Waals surface area contributed by atoms with E-state index in [1.54, 1.807) is 7.11 Å². The summed E-state index contributed by atoms with van der Waals surface area (Å²) >= 11 is 7.83. The van der Waals surface area contributed by atoms with E-state index in [1.165, 1.54) is 10.5 Å². The molecule has 0 radical (unpaired) electrons. The Kier molecular flexibility index (Phi) is 6.43. The second-order valence-corrected chi connectivity index (χ2v) is 6.30. The van der Waals surface area contributed by atoms with Gasteiger partial charge in [0, 0.05) is 21.7 Å². The van der Waals surface area contributed by atoms with Crippen LogP contribution in [0, 0.1) is 0 Å². The van der Waals surface area contributed by atoms with Gasteiger partial charge in [0.25, 0.3) is 0 Å². The molecule has 21 heavy (non-hydrogen) atoms. The Morgan fingerprint density at radius 3 is 2.71 bits per heavy atom. The zero-order valence-corrected chi connectivity index (χ0v) is 13.9. The van der Waals surface area contributed by atoms with Crippen molar-refractivity contribution in [1.29, 1.82) is 0 Å². The van der Waals surface area contributed by atoms with Crippen molar-refractivity contribution in [2.75, 3.05) is 19.9 Å². The fourth-order valence-corrected chi connectivity index (χ4v) is 3.45. The molecule has 0 spiro atoms. The van der Waals surface area contributed by atoms with Crippen LogP contribution in [0.15, 0.2) is 53.4 Å². The summed E-state index contributed by atoms with van der Waals surface area (Å²) < 4.78 is 5.42. The van der Waals surface area contributed by atoms with Crippen molar-refractivity contribution in [1.82, 2.24) is 5.32 Å². The van der Waals surface area contributed by atoms with Crippen LogP contribution < -0.4 is 10.1 Å². The molecule has 2 aromatic rings. The van der Waals surface area contributed by atoms with Crippen molar-refractivity contribution >= 4 is 23.4 Å². The molecular formula is C17H20ClNOS. The number of hydrogen-bond donors (Lipinski definition) is 1. The number of hydrogen-bond acceptors (Lipinski definition) is 3. The Balaban J connectivity index is 1.97. The van der Waals surface area contributed by atoms with Gasteiger partial charge in [-0.15, -0.1) is 11.8 Å². The predicted octanol–water partition coefficient (Wildman–Crippen LogP) is 4.27. The molecule has 0 saturated carbocycles. The van der Waals surface area contributed by atoms with Gasteiger partial charge in [0.1, 0.15) is 5.75 Å². The lowest BCUT2D eigenvalue weighted by molar-refractivity contribution is 0.407. The van der Waals surface area contributed by atoms with E-state index in [0.717, 1.165) is 22.9 Å². The zero-order valence-electron chi connectivity index (χ0n) is 12.3. The minimum Gasteiger partial charge on any atom is -0.496 e. The number of para-hydroxylation sites is 1. The van der Waals surface area contributed by atoms with E-state index in [2.05, 4.69) is 23.5 Å². The Hall–Kier alpha value is -1.16. The second-order valence-electron chi connectivity index (χ2n) is 4.77. The number of rotatable bonds is 7. The molecule has 1 N–H and O–H groups in total. The van der Waals surface area contributed by atoms with E-state index in [9.17, 15) is 0 Å². The van der Waals surface area contributed by atoms with Gasteiger partial charge in [-0.2, -0.15) is 0 Å². The zero-order chi connectivity index (χ0) is 15.1. The summed E-state index contributed by atoms with van der Waals surface area (Å²) in [6.07, 6.45) is 0.939. The van der Waals surface area contributed by atoms with Crippen LogP contribution in [0.3, 0.4) is 0 Å². The van der Waals surface area contributed by atoms with Gasteiger partial charge in [0.05, 0.1) is 7.11 Å². The Labute approximate surface area is 135 Å². The highest BCUT2D eigenvalue weighted by Gasteiger charge is 2.11. The van der Waals surface area contributed by atoms with Gasteiger partial charge >= 0.3 is 0 Å². The first-order valence-corrected chi connectivity index (χ1v) is 8.27. The first-order valence-electron chi connectivity index (χ1n) is 6.90. The molecule has 0 heterocycles. The van der Waals surface area contributed by atoms with E-state index in [-0.39, 0.29) is 0 Å². The van der Waals surface area contributed by atoms with Crippen LogP contribution in [0.4, 0.5) is 0 Å². The highest BCUT2D eigenvalue weighted by atomic mass is 35.5. The standard InChI is InChI=1S/C17H20ClNOS/c1-19-15(10-13-6-3-4-9-17(13)20-2)12-21-16-8-5-7-14(18)11-16/h3-9,11,15,19H,10,12H2,1-2H3. The molecule has 0 aliphatic rings. The maximum atomic E-state index is 6.02. The molecule has 0 fully saturated rings. The quantitative estimate of drug-likeness (QED) is 0.769. The fourth-order valence-electron chi connectivity index (χ4n) is 2.13. The molecule has 0 aromatic heterocycles. The lowest BCUT2D eigenvalue weighted by Gasteiger charge is -2.17. The Morgan fingerprint density at radius 2 is 2.00 bits per heavy atom. The van der Waals surface area contributed by atoms with Crippen LogP contribution in [-0.4, -0.2) is 26.0 Å². The minimum absolute atomic E-state index is 0.380. The molecule has 112 valence electrons. The molecular weight excluding hydrogens is 302 g/mol. The molecule has 2 rings (SSSR count). The third-order valence-corrected chi connectivity index (χ3v) is 4.71. The molecule has 1 unspecified atom stereocenters. The number of ether oxygens (including phenoxy) is 1. The second kappa shape index (κ2) is 8.32. The normalized spacial score (nSPS) is 12.1. The number of methoxy groups -OCH3 is 1. The maximum absolute atomic E-state index is 6.02. The third-order valence-electron chi connectivity index (χ3n) is 3.31. The first-order chi connectivity index (χ1) is 10.2. The number of nitrogens with one attached hydrogen (secondary N) is 1. The average Bonchev–Trinajstić information content (AvgIpc) is 2.52. The largest absolute Gasteiger partial charge is 0.496 e. The lowest BCUT2D eigenvalue weighted by atomic mass is 10.1. The van der Waals surface area contributed by atoms with E-state index >= 15 is 0 Å². The first kappa shape index (κ1) is 16.2. The molecule has 4 heteroatoms. The summed E-state index contributed by atoms with van der Waals surface area (Å²) in [5, 5.41) is 4.16. The molecule has 2 nitrogen and oxygen atoms in total. The average molecular weight is 322 g/mol. The van der Waals surface area contributed by atoms with E-state index < -0.39 is 0 Å². The van der Waals surface area contributed by atoms with Crippen LogP contribution in [0.2, 0.25) is 5.02 Å². The van der Waals surface area contributed by atoms with E-state index in [1.807, 2.05) is 49.1 Å². The molecule has 0 saturated heterocycles. The van der Waals surface area contributed by atoms with Crippen molar-refractivity contribution in [3.05, 3.63) is 59.1 Å². The summed E-state index contributed by atoms with van der Waals surface area (Å²) in [4.78, 5) is 1.20. The van der Waals surface area contributed by atoms with Crippen LogP contribution in [0.5, 0.6) is 5.75 Å². The number of benzene rings is 2. The molecule has 0 bridgehead atoms. The van der Waals surface area contributed by atoms with Gasteiger partial charge in [0.15, 0.2) is 0 Å². The Morgan fingerprint density at radius 1 is 1.19 bits per heavy atom. The monoisotopic (exact) mass is 321 g/mol. The SMILES string of the molecule is CNC(CSc1cccc(Cl)c1)Cc1ccccc1OC. The smallest absolute Gasteiger partial charge is 0.122 e. The van der Waals surface area contributed by atoms with Crippen LogP contribution in [0.1, 0.15) is 5.56 Å². The van der Waals surface area contributed by atoms with Gasteiger partial charge in [-0.3, -0.25) is 0 Å². The highest BCUT2D eigenvalue weighted by molar-refractivity contribution is 7.99. The molecule has 0 aliphatic carbocycles. The summed E-state index contributed by atoms with van der Waals surface area (Å²) in [6, 6.07) is 16.5. The minimum atomic E-state index is 0.380. The number of thioether (sulfide) groups is 1. The van der Waals surface area contributed by atoms with Gasteiger partial charge in [-0.25, -0.2) is 0 Å². The van der Waals surface area contributed by atoms with Crippen molar-refractivity contribution in [3.8, 4) is 5.75 Å². The molecule has 1 atom stereocenters. The fraction of sp³-hybridized carbons (Fsp3) is 0.294. The molecule has 2 aromatic carbocycles. The van der Waals surface area contributed by atoms with E-state index in [0.29, 0.717) is 6.04 Å². The van der Waals surface area contributed by atoms with Gasteiger partial charge in [0.2, 0.25) is 0 Å². The summed E-state index contributed by atoms with van der Waals surface area (Å²) in [5.41, 5.74) is 1.23. The van der Waals surface area contributed by atoms with E-state index in [4.69, 9.17) is 16.3 Å². The number of likely N-dealkylation sites (N-methyl/N-ethyl adjacent to an activating group) is 1. The van der Waals surface area contributed by atoms with Crippen molar-refractivity contribution in [3.63, 3.8) is 0 Å². The molecule has 0 aliphatic heterocycles. The topological polar surface area (TPSA) is 21.3 Å². The molecule has 0 amide bonds. The highest BCUT2D eigenvalue weighted by Crippen LogP contribution is 2.24. The van der Waals surface area contributed by atoms with Crippen LogP contribution >= 0.6 is 23.4 Å². The maximum Gasteiger partial charge on any atom is 0.122 e. The van der Waals surface area contributed by atoms with Gasteiger partial charge in [-0.1, -0.05) is 35.9 Å². The van der Waals surface area contributed by atoms with Crippen LogP contribution in [-0.2, 0) is 6.42 Å². The Bertz CT molecular complexity index is 576. The van der Waals surface area contributed by atoms with Crippen molar-refractivity contribution in [2.24, 2.45) is 0 Å².